The van der Waals surface area contributed by atoms with Crippen molar-refractivity contribution in [1.29, 1.82) is 0 Å². The molecule has 1 aliphatic heterocycles. The Morgan fingerprint density at radius 1 is 1.61 bits per heavy atom. The summed E-state index contributed by atoms with van der Waals surface area (Å²) in [5, 5.41) is 2.90. The van der Waals surface area contributed by atoms with Gasteiger partial charge in [0.15, 0.2) is 0 Å². The third-order valence-corrected chi connectivity index (χ3v) is 4.37. The van der Waals surface area contributed by atoms with Gasteiger partial charge >= 0.3 is 6.03 Å². The Morgan fingerprint density at radius 3 is 3.00 bits per heavy atom. The summed E-state index contributed by atoms with van der Waals surface area (Å²) in [6.07, 6.45) is 6.83. The normalized spacial score (nSPS) is 25.2. The zero-order valence-electron chi connectivity index (χ0n) is 10.4. The summed E-state index contributed by atoms with van der Waals surface area (Å²) in [4.78, 5) is 13.9. The van der Waals surface area contributed by atoms with E-state index in [1.54, 1.807) is 12.5 Å². The number of nitrogens with two attached hydrogens (primary N) is 1. The van der Waals surface area contributed by atoms with Crippen LogP contribution in [0.2, 0.25) is 0 Å². The van der Waals surface area contributed by atoms with Crippen LogP contribution in [0.5, 0.6) is 0 Å². The molecule has 5 nitrogen and oxygen atoms in total. The Morgan fingerprint density at radius 2 is 2.44 bits per heavy atom. The summed E-state index contributed by atoms with van der Waals surface area (Å²) in [6, 6.07) is 1.98. The molecule has 3 rings (SSSR count). The largest absolute Gasteiger partial charge is 0.472 e. The van der Waals surface area contributed by atoms with E-state index >= 15 is 0 Å². The van der Waals surface area contributed by atoms with Gasteiger partial charge in [0.1, 0.15) is 0 Å². The van der Waals surface area contributed by atoms with Crippen molar-refractivity contribution in [3.8, 4) is 0 Å². The van der Waals surface area contributed by atoms with Gasteiger partial charge < -0.3 is 20.4 Å². The van der Waals surface area contributed by atoms with E-state index in [0.29, 0.717) is 13.1 Å². The van der Waals surface area contributed by atoms with Crippen molar-refractivity contribution in [2.45, 2.75) is 31.8 Å². The summed E-state index contributed by atoms with van der Waals surface area (Å²) in [5.41, 5.74) is 7.35. The number of urea groups is 1. The fourth-order valence-corrected chi connectivity index (χ4v) is 2.99. The summed E-state index contributed by atoms with van der Waals surface area (Å²) in [7, 11) is 0. The van der Waals surface area contributed by atoms with Crippen molar-refractivity contribution in [2.24, 2.45) is 11.1 Å². The zero-order chi connectivity index (χ0) is 12.6. The van der Waals surface area contributed by atoms with Crippen molar-refractivity contribution in [2.75, 3.05) is 13.1 Å². The standard InChI is InChI=1S/C13H19N3O2/c14-11-7-16(9-13(11)3-1-4-13)12(17)15-6-10-2-5-18-8-10/h2,5,8,11H,1,3-4,6-7,9,14H2,(H,15,17). The predicted molar refractivity (Wildman–Crippen MR) is 66.8 cm³/mol. The van der Waals surface area contributed by atoms with Gasteiger partial charge in [0.2, 0.25) is 0 Å². The Hall–Kier alpha value is -1.49. The van der Waals surface area contributed by atoms with Crippen LogP contribution in [0.3, 0.4) is 0 Å². The molecule has 0 aromatic carbocycles. The molecular formula is C13H19N3O2. The number of likely N-dealkylation sites (tertiary alicyclic amines) is 1. The van der Waals surface area contributed by atoms with Gasteiger partial charge in [-0.2, -0.15) is 0 Å². The van der Waals surface area contributed by atoms with Crippen molar-refractivity contribution < 1.29 is 9.21 Å². The highest BCUT2D eigenvalue weighted by molar-refractivity contribution is 5.74. The van der Waals surface area contributed by atoms with E-state index in [-0.39, 0.29) is 17.5 Å². The molecule has 0 radical (unpaired) electrons. The monoisotopic (exact) mass is 249 g/mol. The molecule has 1 aliphatic carbocycles. The van der Waals surface area contributed by atoms with Crippen LogP contribution in [-0.2, 0) is 6.54 Å². The third kappa shape index (κ3) is 1.88. The molecule has 1 atom stereocenters. The van der Waals surface area contributed by atoms with Crippen LogP contribution < -0.4 is 11.1 Å². The SMILES string of the molecule is NC1CN(C(=O)NCc2ccoc2)CC12CCC2. The van der Waals surface area contributed by atoms with Crippen LogP contribution in [0.25, 0.3) is 0 Å². The molecule has 5 heteroatoms. The van der Waals surface area contributed by atoms with Gasteiger partial charge in [0.05, 0.1) is 12.5 Å². The number of furan rings is 1. The third-order valence-electron chi connectivity index (χ3n) is 4.37. The molecule has 1 aromatic heterocycles. The summed E-state index contributed by atoms with van der Waals surface area (Å²) < 4.78 is 4.96. The van der Waals surface area contributed by atoms with Crippen LogP contribution >= 0.6 is 0 Å². The number of carbonyl (C=O) groups is 1. The number of hydrogen-bond donors (Lipinski definition) is 2. The lowest BCUT2D eigenvalue weighted by Gasteiger charge is -2.41. The van der Waals surface area contributed by atoms with E-state index in [1.807, 2.05) is 11.0 Å². The number of amides is 2. The Bertz CT molecular complexity index is 425. The highest BCUT2D eigenvalue weighted by Gasteiger charge is 2.49. The lowest BCUT2D eigenvalue weighted by molar-refractivity contribution is 0.125. The molecule has 3 N–H and O–H groups in total. The van der Waals surface area contributed by atoms with Gasteiger partial charge in [-0.3, -0.25) is 0 Å². The average molecular weight is 249 g/mol. The molecular weight excluding hydrogens is 230 g/mol. The van der Waals surface area contributed by atoms with Crippen LogP contribution in [0.4, 0.5) is 4.79 Å². The zero-order valence-corrected chi connectivity index (χ0v) is 10.4. The van der Waals surface area contributed by atoms with Crippen molar-refractivity contribution in [1.82, 2.24) is 10.2 Å². The second-order valence-corrected chi connectivity index (χ2v) is 5.49. The van der Waals surface area contributed by atoms with E-state index in [1.165, 1.54) is 19.3 Å². The van der Waals surface area contributed by atoms with Crippen molar-refractivity contribution >= 4 is 6.03 Å². The minimum atomic E-state index is -0.0181. The molecule has 2 aliphatic rings. The van der Waals surface area contributed by atoms with Gasteiger partial charge in [-0.25, -0.2) is 4.79 Å². The minimum absolute atomic E-state index is 0.0181. The second kappa shape index (κ2) is 4.31. The van der Waals surface area contributed by atoms with Gasteiger partial charge in [-0.05, 0) is 18.9 Å². The molecule has 18 heavy (non-hydrogen) atoms. The molecule has 1 aromatic rings. The topological polar surface area (TPSA) is 71.5 Å². The maximum Gasteiger partial charge on any atom is 0.317 e. The smallest absolute Gasteiger partial charge is 0.317 e. The van der Waals surface area contributed by atoms with Gasteiger partial charge in [0, 0.05) is 36.7 Å². The maximum atomic E-state index is 12.0. The molecule has 2 heterocycles. The van der Waals surface area contributed by atoms with Crippen LogP contribution in [-0.4, -0.2) is 30.1 Å². The Kier molecular flexibility index (Phi) is 2.78. The highest BCUT2D eigenvalue weighted by Crippen LogP contribution is 2.47. The summed E-state index contributed by atoms with van der Waals surface area (Å²) in [5.74, 6) is 0. The van der Waals surface area contributed by atoms with Crippen molar-refractivity contribution in [3.05, 3.63) is 24.2 Å². The Balaban J connectivity index is 1.54. The molecule has 1 unspecified atom stereocenters. The number of rotatable bonds is 2. The first kappa shape index (κ1) is 11.6. The lowest BCUT2D eigenvalue weighted by Crippen LogP contribution is -2.45. The minimum Gasteiger partial charge on any atom is -0.472 e. The van der Waals surface area contributed by atoms with E-state index in [0.717, 1.165) is 12.1 Å². The van der Waals surface area contributed by atoms with E-state index in [2.05, 4.69) is 5.32 Å². The first-order chi connectivity index (χ1) is 8.70. The first-order valence-corrected chi connectivity index (χ1v) is 6.49. The Labute approximate surface area is 106 Å². The molecule has 1 saturated heterocycles. The summed E-state index contributed by atoms with van der Waals surface area (Å²) in [6.45, 7) is 2.00. The van der Waals surface area contributed by atoms with E-state index < -0.39 is 0 Å². The number of carbonyl (C=O) groups excluding carboxylic acids is 1. The quantitative estimate of drug-likeness (QED) is 0.830. The molecule has 98 valence electrons. The van der Waals surface area contributed by atoms with Crippen molar-refractivity contribution in [3.63, 3.8) is 0 Å². The first-order valence-electron chi connectivity index (χ1n) is 6.49. The lowest BCUT2D eigenvalue weighted by atomic mass is 9.66. The predicted octanol–water partition coefficient (Wildman–Crippen LogP) is 1.30. The molecule has 1 saturated carbocycles. The van der Waals surface area contributed by atoms with Crippen LogP contribution in [0.15, 0.2) is 23.0 Å². The molecule has 0 bridgehead atoms. The van der Waals surface area contributed by atoms with Gasteiger partial charge in [-0.1, -0.05) is 6.42 Å². The molecule has 1 spiro atoms. The second-order valence-electron chi connectivity index (χ2n) is 5.49. The fourth-order valence-electron chi connectivity index (χ4n) is 2.99. The number of nitrogens with one attached hydrogen (secondary N) is 1. The fraction of sp³-hybridized carbons (Fsp3) is 0.615. The molecule has 2 fully saturated rings. The maximum absolute atomic E-state index is 12.0. The van der Waals surface area contributed by atoms with E-state index in [4.69, 9.17) is 10.2 Å². The van der Waals surface area contributed by atoms with Crippen LogP contribution in [0, 0.1) is 5.41 Å². The van der Waals surface area contributed by atoms with Gasteiger partial charge in [0.25, 0.3) is 0 Å². The van der Waals surface area contributed by atoms with E-state index in [9.17, 15) is 4.79 Å². The number of hydrogen-bond acceptors (Lipinski definition) is 3. The summed E-state index contributed by atoms with van der Waals surface area (Å²) >= 11 is 0. The van der Waals surface area contributed by atoms with Crippen LogP contribution in [0.1, 0.15) is 24.8 Å². The highest BCUT2D eigenvalue weighted by atomic mass is 16.3. The average Bonchev–Trinajstić information content (AvgIpc) is 2.91. The number of nitrogens with zero attached hydrogens (tertiary/aromatic N) is 1. The van der Waals surface area contributed by atoms with Gasteiger partial charge in [-0.15, -0.1) is 0 Å². The molecule has 2 amide bonds.